The number of aliphatic hydroxyl groups excluding tert-OH is 1. The maximum atomic E-state index is 10.3. The SMILES string of the molecule is OC(c1cncnc1)c1cccc2c1NCC2. The van der Waals surface area contributed by atoms with E-state index in [4.69, 9.17) is 0 Å². The van der Waals surface area contributed by atoms with Crippen LogP contribution in [-0.4, -0.2) is 21.6 Å². The number of aliphatic hydroxyl groups is 1. The molecule has 1 aliphatic heterocycles. The van der Waals surface area contributed by atoms with Crippen molar-refractivity contribution in [1.29, 1.82) is 0 Å². The molecule has 0 radical (unpaired) electrons. The molecule has 0 fully saturated rings. The van der Waals surface area contributed by atoms with E-state index < -0.39 is 6.10 Å². The van der Waals surface area contributed by atoms with Crippen LogP contribution in [0.2, 0.25) is 0 Å². The first-order chi connectivity index (χ1) is 8.36. The molecule has 0 aliphatic carbocycles. The summed E-state index contributed by atoms with van der Waals surface area (Å²) in [7, 11) is 0. The third-order valence-corrected chi connectivity index (χ3v) is 3.07. The Hall–Kier alpha value is -1.94. The molecule has 0 saturated heterocycles. The van der Waals surface area contributed by atoms with Gasteiger partial charge in [0.05, 0.1) is 0 Å². The first kappa shape index (κ1) is 10.2. The molecule has 4 nitrogen and oxygen atoms in total. The third kappa shape index (κ3) is 1.76. The molecule has 0 spiro atoms. The zero-order chi connectivity index (χ0) is 11.7. The molecule has 3 rings (SSSR count). The van der Waals surface area contributed by atoms with Crippen LogP contribution in [0.4, 0.5) is 5.69 Å². The van der Waals surface area contributed by atoms with Crippen LogP contribution in [0.15, 0.2) is 36.9 Å². The van der Waals surface area contributed by atoms with Gasteiger partial charge < -0.3 is 10.4 Å². The number of rotatable bonds is 2. The van der Waals surface area contributed by atoms with Crippen molar-refractivity contribution in [3.05, 3.63) is 53.6 Å². The van der Waals surface area contributed by atoms with Gasteiger partial charge in [0.1, 0.15) is 12.4 Å². The van der Waals surface area contributed by atoms with Crippen molar-refractivity contribution >= 4 is 5.69 Å². The molecule has 86 valence electrons. The highest BCUT2D eigenvalue weighted by atomic mass is 16.3. The van der Waals surface area contributed by atoms with E-state index in [0.29, 0.717) is 0 Å². The predicted molar refractivity (Wildman–Crippen MR) is 64.7 cm³/mol. The second-order valence-electron chi connectivity index (χ2n) is 4.13. The van der Waals surface area contributed by atoms with Gasteiger partial charge in [0.25, 0.3) is 0 Å². The van der Waals surface area contributed by atoms with E-state index in [-0.39, 0.29) is 0 Å². The van der Waals surface area contributed by atoms with Crippen LogP contribution in [0, 0.1) is 0 Å². The van der Waals surface area contributed by atoms with Crippen molar-refractivity contribution in [2.45, 2.75) is 12.5 Å². The average Bonchev–Trinajstić information content (AvgIpc) is 2.87. The number of anilines is 1. The molecule has 0 saturated carbocycles. The summed E-state index contributed by atoms with van der Waals surface area (Å²) >= 11 is 0. The van der Waals surface area contributed by atoms with Crippen LogP contribution < -0.4 is 5.32 Å². The monoisotopic (exact) mass is 227 g/mol. The molecule has 1 aromatic carbocycles. The van der Waals surface area contributed by atoms with Crippen molar-refractivity contribution < 1.29 is 5.11 Å². The first-order valence-electron chi connectivity index (χ1n) is 5.65. The molecule has 0 amide bonds. The summed E-state index contributed by atoms with van der Waals surface area (Å²) in [5.74, 6) is 0. The standard InChI is InChI=1S/C13H13N3O/c17-13(10-6-14-8-15-7-10)11-3-1-2-9-4-5-16-12(9)11/h1-3,6-8,13,16-17H,4-5H2. The number of nitrogens with one attached hydrogen (secondary N) is 1. The summed E-state index contributed by atoms with van der Waals surface area (Å²) in [6, 6.07) is 6.01. The van der Waals surface area contributed by atoms with Crippen LogP contribution in [0.1, 0.15) is 22.8 Å². The van der Waals surface area contributed by atoms with Crippen LogP contribution >= 0.6 is 0 Å². The molecular weight excluding hydrogens is 214 g/mol. The average molecular weight is 227 g/mol. The Bertz CT molecular complexity index is 527. The summed E-state index contributed by atoms with van der Waals surface area (Å²) in [5, 5.41) is 13.7. The highest BCUT2D eigenvalue weighted by molar-refractivity contribution is 5.62. The van der Waals surface area contributed by atoms with Gasteiger partial charge in [0.15, 0.2) is 0 Å². The highest BCUT2D eigenvalue weighted by Crippen LogP contribution is 2.33. The van der Waals surface area contributed by atoms with Gasteiger partial charge in [-0.25, -0.2) is 9.97 Å². The highest BCUT2D eigenvalue weighted by Gasteiger charge is 2.20. The molecule has 1 unspecified atom stereocenters. The lowest BCUT2D eigenvalue weighted by molar-refractivity contribution is 0.220. The van der Waals surface area contributed by atoms with Crippen molar-refractivity contribution in [1.82, 2.24) is 9.97 Å². The van der Waals surface area contributed by atoms with Crippen molar-refractivity contribution in [3.8, 4) is 0 Å². The van der Waals surface area contributed by atoms with Gasteiger partial charge in [-0.1, -0.05) is 18.2 Å². The molecule has 1 atom stereocenters. The summed E-state index contributed by atoms with van der Waals surface area (Å²) in [6.07, 6.45) is 5.10. The van der Waals surface area contributed by atoms with E-state index in [9.17, 15) is 5.11 Å². The second-order valence-corrected chi connectivity index (χ2v) is 4.13. The lowest BCUT2D eigenvalue weighted by Crippen LogP contribution is -2.04. The third-order valence-electron chi connectivity index (χ3n) is 3.07. The predicted octanol–water partition coefficient (Wildman–Crippen LogP) is 1.53. The largest absolute Gasteiger partial charge is 0.384 e. The first-order valence-corrected chi connectivity index (χ1v) is 5.65. The Kier molecular flexibility index (Phi) is 2.49. The van der Waals surface area contributed by atoms with Crippen molar-refractivity contribution in [2.24, 2.45) is 0 Å². The van der Waals surface area contributed by atoms with Gasteiger partial charge in [-0.15, -0.1) is 0 Å². The van der Waals surface area contributed by atoms with Gasteiger partial charge in [-0.2, -0.15) is 0 Å². The number of aromatic nitrogens is 2. The van der Waals surface area contributed by atoms with Gasteiger partial charge in [0.2, 0.25) is 0 Å². The van der Waals surface area contributed by atoms with E-state index in [1.807, 2.05) is 12.1 Å². The van der Waals surface area contributed by atoms with Gasteiger partial charge >= 0.3 is 0 Å². The number of fused-ring (bicyclic) bond motifs is 1. The Labute approximate surface area is 99.4 Å². The maximum Gasteiger partial charge on any atom is 0.115 e. The molecule has 17 heavy (non-hydrogen) atoms. The smallest absolute Gasteiger partial charge is 0.115 e. The fraction of sp³-hybridized carbons (Fsp3) is 0.231. The van der Waals surface area contributed by atoms with Crippen molar-refractivity contribution in [2.75, 3.05) is 11.9 Å². The minimum Gasteiger partial charge on any atom is -0.384 e. The number of nitrogens with zero attached hydrogens (tertiary/aromatic N) is 2. The molecule has 2 heterocycles. The molecule has 2 aromatic rings. The minimum atomic E-state index is -0.670. The Morgan fingerprint density at radius 2 is 2.06 bits per heavy atom. The zero-order valence-corrected chi connectivity index (χ0v) is 9.30. The minimum absolute atomic E-state index is 0.670. The summed E-state index contributed by atoms with van der Waals surface area (Å²) in [4.78, 5) is 7.87. The maximum absolute atomic E-state index is 10.3. The number of benzene rings is 1. The van der Waals surface area contributed by atoms with E-state index >= 15 is 0 Å². The Morgan fingerprint density at radius 3 is 2.88 bits per heavy atom. The van der Waals surface area contributed by atoms with Gasteiger partial charge in [0, 0.05) is 35.8 Å². The number of hydrogen-bond donors (Lipinski definition) is 2. The second kappa shape index (κ2) is 4.14. The topological polar surface area (TPSA) is 58.0 Å². The van der Waals surface area contributed by atoms with E-state index in [2.05, 4.69) is 21.4 Å². The van der Waals surface area contributed by atoms with E-state index in [1.54, 1.807) is 12.4 Å². The molecule has 1 aliphatic rings. The van der Waals surface area contributed by atoms with E-state index in [1.165, 1.54) is 11.9 Å². The van der Waals surface area contributed by atoms with Gasteiger partial charge in [-0.3, -0.25) is 0 Å². The fourth-order valence-corrected chi connectivity index (χ4v) is 2.23. The number of hydrogen-bond acceptors (Lipinski definition) is 4. The summed E-state index contributed by atoms with van der Waals surface area (Å²) in [5.41, 5.74) is 3.94. The van der Waals surface area contributed by atoms with E-state index in [0.717, 1.165) is 29.8 Å². The van der Waals surface area contributed by atoms with Crippen LogP contribution in [-0.2, 0) is 6.42 Å². The quantitative estimate of drug-likeness (QED) is 0.816. The van der Waals surface area contributed by atoms with Crippen molar-refractivity contribution in [3.63, 3.8) is 0 Å². The van der Waals surface area contributed by atoms with Crippen LogP contribution in [0.5, 0.6) is 0 Å². The normalized spacial score (nSPS) is 15.1. The Morgan fingerprint density at radius 1 is 1.24 bits per heavy atom. The van der Waals surface area contributed by atoms with Crippen LogP contribution in [0.25, 0.3) is 0 Å². The molecular formula is C13H13N3O. The molecule has 4 heteroatoms. The fourth-order valence-electron chi connectivity index (χ4n) is 2.23. The molecule has 0 bridgehead atoms. The lowest BCUT2D eigenvalue weighted by Gasteiger charge is -2.14. The lowest BCUT2D eigenvalue weighted by atomic mass is 9.99. The molecule has 1 aromatic heterocycles. The molecule has 2 N–H and O–H groups in total. The summed E-state index contributed by atoms with van der Waals surface area (Å²) < 4.78 is 0. The zero-order valence-electron chi connectivity index (χ0n) is 9.30. The van der Waals surface area contributed by atoms with Crippen LogP contribution in [0.3, 0.4) is 0 Å². The number of para-hydroxylation sites is 1. The van der Waals surface area contributed by atoms with Gasteiger partial charge in [-0.05, 0) is 12.0 Å². The summed E-state index contributed by atoms with van der Waals surface area (Å²) in [6.45, 7) is 0.935. The Balaban J connectivity index is 2.03.